The van der Waals surface area contributed by atoms with Gasteiger partial charge in [-0.15, -0.1) is 0 Å². The highest BCUT2D eigenvalue weighted by molar-refractivity contribution is 7.92. The van der Waals surface area contributed by atoms with Gasteiger partial charge in [0.15, 0.2) is 6.10 Å². The number of carbonyl (C=O) groups excluding carboxylic acids is 1. The van der Waals surface area contributed by atoms with Crippen molar-refractivity contribution in [3.05, 3.63) is 83.9 Å². The van der Waals surface area contributed by atoms with Crippen molar-refractivity contribution in [2.45, 2.75) is 31.3 Å². The van der Waals surface area contributed by atoms with Crippen LogP contribution in [0.3, 0.4) is 0 Å². The first-order valence-electron chi connectivity index (χ1n) is 10.5. The average Bonchev–Trinajstić information content (AvgIpc) is 3.23. The fraction of sp³-hybridized carbons (Fsp3) is 0.240. The number of nitrogens with zero attached hydrogens (tertiary/aromatic N) is 2. The maximum Gasteiger partial charge on any atom is 0.267 e. The molecule has 0 spiro atoms. The van der Waals surface area contributed by atoms with Crippen molar-refractivity contribution in [1.82, 2.24) is 0 Å². The molecule has 0 N–H and O–H groups in total. The molecular formula is C25H26N2O4S. The third-order valence-electron chi connectivity index (χ3n) is 5.69. The van der Waals surface area contributed by atoms with Crippen LogP contribution in [-0.2, 0) is 21.2 Å². The monoisotopic (exact) mass is 450 g/mol. The predicted molar refractivity (Wildman–Crippen MR) is 126 cm³/mol. The normalized spacial score (nSPS) is 14.0. The molecular weight excluding hydrogens is 424 g/mol. The molecule has 1 aliphatic heterocycles. The number of para-hydroxylation sites is 1. The molecule has 0 aromatic heterocycles. The van der Waals surface area contributed by atoms with Crippen LogP contribution in [0.2, 0.25) is 0 Å². The summed E-state index contributed by atoms with van der Waals surface area (Å²) in [5.41, 5.74) is 3.60. The molecule has 166 valence electrons. The van der Waals surface area contributed by atoms with Gasteiger partial charge in [-0.3, -0.25) is 9.10 Å². The lowest BCUT2D eigenvalue weighted by molar-refractivity contribution is -0.124. The Kier molecular flexibility index (Phi) is 5.93. The Balaban J connectivity index is 1.44. The first-order chi connectivity index (χ1) is 15.3. The quantitative estimate of drug-likeness (QED) is 0.565. The number of hydrogen-bond acceptors (Lipinski definition) is 4. The van der Waals surface area contributed by atoms with Crippen molar-refractivity contribution in [3.63, 3.8) is 0 Å². The predicted octanol–water partition coefficient (Wildman–Crippen LogP) is 4.18. The van der Waals surface area contributed by atoms with Crippen molar-refractivity contribution >= 4 is 27.3 Å². The van der Waals surface area contributed by atoms with E-state index in [0.717, 1.165) is 23.2 Å². The van der Waals surface area contributed by atoms with Crippen molar-refractivity contribution < 1.29 is 17.9 Å². The lowest BCUT2D eigenvalue weighted by Gasteiger charge is -2.23. The SMILES string of the molecule is Cc1ccc(S(=O)(=O)N(C)c2ccc(OC(C)C(=O)N3CCc4ccccc43)cc2)cc1. The molecule has 0 saturated heterocycles. The molecule has 1 heterocycles. The van der Waals surface area contributed by atoms with E-state index in [-0.39, 0.29) is 10.8 Å². The number of sulfonamides is 1. The number of benzene rings is 3. The van der Waals surface area contributed by atoms with E-state index >= 15 is 0 Å². The Morgan fingerprint density at radius 1 is 1.00 bits per heavy atom. The maximum atomic E-state index is 12.9. The highest BCUT2D eigenvalue weighted by Gasteiger charge is 2.29. The molecule has 3 aromatic rings. The standard InChI is InChI=1S/C25H26N2O4S/c1-18-8-14-23(15-9-18)32(29,30)26(3)21-10-12-22(13-11-21)31-19(2)25(28)27-17-16-20-6-4-5-7-24(20)27/h4-15,19H,16-17H2,1-3H3. The van der Waals surface area contributed by atoms with Crippen molar-refractivity contribution in [3.8, 4) is 5.75 Å². The highest BCUT2D eigenvalue weighted by Crippen LogP contribution is 2.29. The second-order valence-electron chi connectivity index (χ2n) is 7.91. The number of fused-ring (bicyclic) bond motifs is 1. The molecule has 7 heteroatoms. The van der Waals surface area contributed by atoms with Crippen LogP contribution in [-0.4, -0.2) is 34.0 Å². The Hall–Kier alpha value is -3.32. The van der Waals surface area contributed by atoms with Gasteiger partial charge in [-0.05, 0) is 68.3 Å². The van der Waals surface area contributed by atoms with Gasteiger partial charge in [0, 0.05) is 19.3 Å². The zero-order valence-corrected chi connectivity index (χ0v) is 19.2. The number of anilines is 2. The third-order valence-corrected chi connectivity index (χ3v) is 7.49. The number of carbonyl (C=O) groups is 1. The zero-order valence-electron chi connectivity index (χ0n) is 18.4. The zero-order chi connectivity index (χ0) is 22.9. The van der Waals surface area contributed by atoms with E-state index < -0.39 is 16.1 Å². The minimum absolute atomic E-state index is 0.0990. The van der Waals surface area contributed by atoms with E-state index in [1.54, 1.807) is 60.4 Å². The first kappa shape index (κ1) is 21.9. The van der Waals surface area contributed by atoms with Crippen molar-refractivity contribution in [2.75, 3.05) is 22.8 Å². The van der Waals surface area contributed by atoms with Crippen LogP contribution < -0.4 is 13.9 Å². The summed E-state index contributed by atoms with van der Waals surface area (Å²) >= 11 is 0. The fourth-order valence-corrected chi connectivity index (χ4v) is 4.98. The number of hydrogen-bond donors (Lipinski definition) is 0. The minimum atomic E-state index is -3.67. The summed E-state index contributed by atoms with van der Waals surface area (Å²) in [6, 6.07) is 21.3. The van der Waals surface area contributed by atoms with Crippen molar-refractivity contribution in [1.29, 1.82) is 0 Å². The van der Waals surface area contributed by atoms with E-state index in [2.05, 4.69) is 0 Å². The Labute approximate surface area is 189 Å². The topological polar surface area (TPSA) is 66.9 Å². The molecule has 0 bridgehead atoms. The Bertz CT molecular complexity index is 1220. The third kappa shape index (κ3) is 4.21. The van der Waals surface area contributed by atoms with Gasteiger partial charge in [0.1, 0.15) is 5.75 Å². The fourth-order valence-electron chi connectivity index (χ4n) is 3.78. The number of ether oxygens (including phenoxy) is 1. The van der Waals surface area contributed by atoms with E-state index in [0.29, 0.717) is 18.0 Å². The van der Waals surface area contributed by atoms with Gasteiger partial charge >= 0.3 is 0 Å². The van der Waals surface area contributed by atoms with Crippen LogP contribution in [0.4, 0.5) is 11.4 Å². The molecule has 1 atom stereocenters. The molecule has 0 fully saturated rings. The summed E-state index contributed by atoms with van der Waals surface area (Å²) < 4.78 is 32.9. The largest absolute Gasteiger partial charge is 0.481 e. The summed E-state index contributed by atoms with van der Waals surface area (Å²) in [6.45, 7) is 4.28. The van der Waals surface area contributed by atoms with Crippen LogP contribution in [0.5, 0.6) is 5.75 Å². The smallest absolute Gasteiger partial charge is 0.267 e. The van der Waals surface area contributed by atoms with Gasteiger partial charge in [-0.1, -0.05) is 35.9 Å². The second-order valence-corrected chi connectivity index (χ2v) is 9.88. The number of aryl methyl sites for hydroxylation is 1. The highest BCUT2D eigenvalue weighted by atomic mass is 32.2. The van der Waals surface area contributed by atoms with E-state index in [9.17, 15) is 13.2 Å². The Morgan fingerprint density at radius 2 is 1.66 bits per heavy atom. The van der Waals surface area contributed by atoms with Gasteiger partial charge < -0.3 is 9.64 Å². The van der Waals surface area contributed by atoms with Gasteiger partial charge in [0.25, 0.3) is 15.9 Å². The lowest BCUT2D eigenvalue weighted by Crippen LogP contribution is -2.39. The van der Waals surface area contributed by atoms with E-state index in [1.807, 2.05) is 31.2 Å². The molecule has 6 nitrogen and oxygen atoms in total. The maximum absolute atomic E-state index is 12.9. The molecule has 3 aromatic carbocycles. The van der Waals surface area contributed by atoms with Gasteiger partial charge in [-0.25, -0.2) is 8.42 Å². The summed E-state index contributed by atoms with van der Waals surface area (Å²) in [5.74, 6) is 0.404. The van der Waals surface area contributed by atoms with Gasteiger partial charge in [0.2, 0.25) is 0 Å². The Morgan fingerprint density at radius 3 is 2.34 bits per heavy atom. The summed E-state index contributed by atoms with van der Waals surface area (Å²) in [6.07, 6.45) is 0.173. The van der Waals surface area contributed by atoms with Crippen LogP contribution in [0.1, 0.15) is 18.1 Å². The first-order valence-corrected chi connectivity index (χ1v) is 11.9. The molecule has 0 saturated carbocycles. The van der Waals surface area contributed by atoms with Crippen LogP contribution in [0, 0.1) is 6.92 Å². The molecule has 1 unspecified atom stereocenters. The molecule has 0 radical (unpaired) electrons. The molecule has 1 amide bonds. The van der Waals surface area contributed by atoms with Gasteiger partial charge in [-0.2, -0.15) is 0 Å². The van der Waals surface area contributed by atoms with Crippen LogP contribution in [0.25, 0.3) is 0 Å². The lowest BCUT2D eigenvalue weighted by atomic mass is 10.2. The molecule has 1 aliphatic rings. The molecule has 32 heavy (non-hydrogen) atoms. The molecule has 4 rings (SSSR count). The summed E-state index contributed by atoms with van der Waals surface area (Å²) in [4.78, 5) is 14.9. The number of rotatable bonds is 6. The minimum Gasteiger partial charge on any atom is -0.481 e. The van der Waals surface area contributed by atoms with Crippen LogP contribution in [0.15, 0.2) is 77.7 Å². The number of amides is 1. The van der Waals surface area contributed by atoms with E-state index in [4.69, 9.17) is 4.74 Å². The van der Waals surface area contributed by atoms with Crippen LogP contribution >= 0.6 is 0 Å². The summed E-state index contributed by atoms with van der Waals surface area (Å²) in [7, 11) is -2.15. The second kappa shape index (κ2) is 8.67. The average molecular weight is 451 g/mol. The molecule has 0 aliphatic carbocycles. The van der Waals surface area contributed by atoms with Crippen molar-refractivity contribution in [2.24, 2.45) is 0 Å². The van der Waals surface area contributed by atoms with E-state index in [1.165, 1.54) is 11.4 Å². The summed E-state index contributed by atoms with van der Waals surface area (Å²) in [5, 5.41) is 0. The van der Waals surface area contributed by atoms with Gasteiger partial charge in [0.05, 0.1) is 10.6 Å².